The van der Waals surface area contributed by atoms with Gasteiger partial charge in [0.2, 0.25) is 0 Å². The predicted octanol–water partition coefficient (Wildman–Crippen LogP) is 1.91. The lowest BCUT2D eigenvalue weighted by Crippen LogP contribution is -2.28. The Kier molecular flexibility index (Phi) is 2.95. The van der Waals surface area contributed by atoms with Gasteiger partial charge in [-0.05, 0) is 25.3 Å². The number of nitrogens with zero attached hydrogens (tertiary/aromatic N) is 3. The zero-order chi connectivity index (χ0) is 11.5. The van der Waals surface area contributed by atoms with Crippen molar-refractivity contribution in [3.05, 3.63) is 17.8 Å². The Hall–Kier alpha value is -1.76. The van der Waals surface area contributed by atoms with E-state index in [4.69, 9.17) is 11.0 Å². The monoisotopic (exact) mass is 216 g/mol. The second-order valence-electron chi connectivity index (χ2n) is 4.18. The van der Waals surface area contributed by atoms with Gasteiger partial charge in [0.1, 0.15) is 11.9 Å². The number of nitrogens with two attached hydrogens (primary N) is 1. The summed E-state index contributed by atoms with van der Waals surface area (Å²) in [7, 11) is 0. The van der Waals surface area contributed by atoms with Gasteiger partial charge in [-0.3, -0.25) is 0 Å². The summed E-state index contributed by atoms with van der Waals surface area (Å²) in [5, 5.41) is 9.09. The van der Waals surface area contributed by atoms with Crippen LogP contribution in [0.3, 0.4) is 0 Å². The van der Waals surface area contributed by atoms with Gasteiger partial charge in [-0.1, -0.05) is 6.92 Å². The Morgan fingerprint density at radius 2 is 2.38 bits per heavy atom. The topological polar surface area (TPSA) is 65.9 Å². The first-order valence-electron chi connectivity index (χ1n) is 5.68. The highest BCUT2D eigenvalue weighted by atomic mass is 15.2. The third-order valence-corrected chi connectivity index (χ3v) is 2.73. The van der Waals surface area contributed by atoms with Crippen molar-refractivity contribution >= 4 is 11.5 Å². The van der Waals surface area contributed by atoms with Crippen LogP contribution in [0.4, 0.5) is 11.5 Å². The number of anilines is 2. The first-order valence-corrected chi connectivity index (χ1v) is 5.68. The zero-order valence-electron chi connectivity index (χ0n) is 9.48. The van der Waals surface area contributed by atoms with Gasteiger partial charge < -0.3 is 10.6 Å². The molecule has 1 saturated carbocycles. The SMILES string of the molecule is CCCN(c1ncc(N)cc1C#N)C1CC1. The van der Waals surface area contributed by atoms with Gasteiger partial charge in [-0.2, -0.15) is 5.26 Å². The first-order chi connectivity index (χ1) is 7.76. The van der Waals surface area contributed by atoms with Gasteiger partial charge in [0.15, 0.2) is 0 Å². The molecule has 0 amide bonds. The molecule has 1 heterocycles. The molecule has 0 bridgehead atoms. The normalized spacial score (nSPS) is 14.5. The Bertz CT molecular complexity index is 418. The van der Waals surface area contributed by atoms with Gasteiger partial charge in [0.25, 0.3) is 0 Å². The van der Waals surface area contributed by atoms with Gasteiger partial charge >= 0.3 is 0 Å². The van der Waals surface area contributed by atoms with Crippen molar-refractivity contribution in [2.24, 2.45) is 0 Å². The van der Waals surface area contributed by atoms with E-state index in [2.05, 4.69) is 22.9 Å². The minimum absolute atomic E-state index is 0.549. The van der Waals surface area contributed by atoms with E-state index in [9.17, 15) is 0 Å². The van der Waals surface area contributed by atoms with Crippen molar-refractivity contribution in [2.75, 3.05) is 17.2 Å². The van der Waals surface area contributed by atoms with E-state index in [0.29, 0.717) is 17.3 Å². The molecule has 1 aliphatic rings. The van der Waals surface area contributed by atoms with Crippen LogP contribution in [-0.4, -0.2) is 17.6 Å². The average Bonchev–Trinajstić information content (AvgIpc) is 3.10. The van der Waals surface area contributed by atoms with Crippen LogP contribution in [0.15, 0.2) is 12.3 Å². The van der Waals surface area contributed by atoms with Crippen molar-refractivity contribution in [1.82, 2.24) is 4.98 Å². The molecule has 0 aromatic carbocycles. The maximum Gasteiger partial charge on any atom is 0.146 e. The smallest absolute Gasteiger partial charge is 0.146 e. The van der Waals surface area contributed by atoms with Crippen molar-refractivity contribution in [2.45, 2.75) is 32.2 Å². The van der Waals surface area contributed by atoms with Crippen molar-refractivity contribution in [1.29, 1.82) is 5.26 Å². The lowest BCUT2D eigenvalue weighted by Gasteiger charge is -2.23. The Morgan fingerprint density at radius 3 is 2.94 bits per heavy atom. The number of nitriles is 1. The van der Waals surface area contributed by atoms with Gasteiger partial charge in [-0.15, -0.1) is 0 Å². The van der Waals surface area contributed by atoms with Crippen LogP contribution >= 0.6 is 0 Å². The van der Waals surface area contributed by atoms with E-state index in [-0.39, 0.29) is 0 Å². The van der Waals surface area contributed by atoms with Gasteiger partial charge in [-0.25, -0.2) is 4.98 Å². The summed E-state index contributed by atoms with van der Waals surface area (Å²) >= 11 is 0. The van der Waals surface area contributed by atoms with E-state index in [1.54, 1.807) is 12.3 Å². The Morgan fingerprint density at radius 1 is 1.62 bits per heavy atom. The molecule has 4 nitrogen and oxygen atoms in total. The van der Waals surface area contributed by atoms with Crippen molar-refractivity contribution < 1.29 is 0 Å². The molecule has 4 heteroatoms. The highest BCUT2D eigenvalue weighted by Crippen LogP contribution is 2.32. The highest BCUT2D eigenvalue weighted by Gasteiger charge is 2.30. The maximum atomic E-state index is 9.09. The lowest BCUT2D eigenvalue weighted by molar-refractivity contribution is 0.749. The van der Waals surface area contributed by atoms with E-state index in [1.165, 1.54) is 12.8 Å². The molecule has 16 heavy (non-hydrogen) atoms. The zero-order valence-corrected chi connectivity index (χ0v) is 9.48. The second-order valence-corrected chi connectivity index (χ2v) is 4.18. The van der Waals surface area contributed by atoms with E-state index in [0.717, 1.165) is 18.8 Å². The number of rotatable bonds is 4. The Balaban J connectivity index is 2.33. The van der Waals surface area contributed by atoms with Crippen LogP contribution in [0.25, 0.3) is 0 Å². The molecule has 0 unspecified atom stereocenters. The molecule has 1 aromatic heterocycles. The predicted molar refractivity (Wildman–Crippen MR) is 64.0 cm³/mol. The third-order valence-electron chi connectivity index (χ3n) is 2.73. The van der Waals surface area contributed by atoms with E-state index >= 15 is 0 Å². The summed E-state index contributed by atoms with van der Waals surface area (Å²) in [6, 6.07) is 4.45. The van der Waals surface area contributed by atoms with Crippen LogP contribution in [0.1, 0.15) is 31.7 Å². The fourth-order valence-corrected chi connectivity index (χ4v) is 1.87. The molecule has 2 rings (SSSR count). The van der Waals surface area contributed by atoms with Crippen LogP contribution in [0.5, 0.6) is 0 Å². The summed E-state index contributed by atoms with van der Waals surface area (Å²) in [6.45, 7) is 3.09. The summed E-state index contributed by atoms with van der Waals surface area (Å²) in [6.07, 6.45) is 5.10. The molecule has 2 N–H and O–H groups in total. The summed E-state index contributed by atoms with van der Waals surface area (Å²) in [5.74, 6) is 0.793. The van der Waals surface area contributed by atoms with Crippen LogP contribution in [0.2, 0.25) is 0 Å². The lowest BCUT2D eigenvalue weighted by atomic mass is 10.2. The molecule has 0 radical (unpaired) electrons. The molecule has 0 saturated heterocycles. The Labute approximate surface area is 95.7 Å². The van der Waals surface area contributed by atoms with Crippen molar-refractivity contribution in [3.63, 3.8) is 0 Å². The molecule has 1 aromatic rings. The maximum absolute atomic E-state index is 9.09. The molecule has 84 valence electrons. The molecule has 1 fully saturated rings. The number of hydrogen-bond donors (Lipinski definition) is 1. The molecule has 0 aliphatic heterocycles. The summed E-state index contributed by atoms with van der Waals surface area (Å²) in [5.41, 5.74) is 6.77. The average molecular weight is 216 g/mol. The minimum Gasteiger partial charge on any atom is -0.397 e. The van der Waals surface area contributed by atoms with Crippen LogP contribution in [-0.2, 0) is 0 Å². The van der Waals surface area contributed by atoms with Crippen LogP contribution in [0, 0.1) is 11.3 Å². The second kappa shape index (κ2) is 4.40. The summed E-state index contributed by atoms with van der Waals surface area (Å²) < 4.78 is 0. The first kappa shape index (κ1) is 10.7. The van der Waals surface area contributed by atoms with Gasteiger partial charge in [0, 0.05) is 12.6 Å². The van der Waals surface area contributed by atoms with E-state index in [1.807, 2.05) is 0 Å². The largest absolute Gasteiger partial charge is 0.397 e. The number of pyridine rings is 1. The molecule has 1 aliphatic carbocycles. The number of aromatic nitrogens is 1. The van der Waals surface area contributed by atoms with Crippen molar-refractivity contribution in [3.8, 4) is 6.07 Å². The van der Waals surface area contributed by atoms with Gasteiger partial charge in [0.05, 0.1) is 17.4 Å². The molecular weight excluding hydrogens is 200 g/mol. The standard InChI is InChI=1S/C12H16N4/c1-2-5-16(11-3-4-11)12-9(7-13)6-10(14)8-15-12/h6,8,11H,2-5,14H2,1H3. The molecule has 0 atom stereocenters. The number of nitrogen functional groups attached to an aromatic ring is 1. The fraction of sp³-hybridized carbons (Fsp3) is 0.500. The van der Waals surface area contributed by atoms with E-state index < -0.39 is 0 Å². The number of hydrogen-bond acceptors (Lipinski definition) is 4. The highest BCUT2D eigenvalue weighted by molar-refractivity contribution is 5.59. The quantitative estimate of drug-likeness (QED) is 0.835. The molecular formula is C12H16N4. The summed E-state index contributed by atoms with van der Waals surface area (Å²) in [4.78, 5) is 6.54. The van der Waals surface area contributed by atoms with Crippen LogP contribution < -0.4 is 10.6 Å². The molecule has 0 spiro atoms. The minimum atomic E-state index is 0.549. The fourth-order valence-electron chi connectivity index (χ4n) is 1.87. The third kappa shape index (κ3) is 2.08.